The van der Waals surface area contributed by atoms with Gasteiger partial charge in [-0.2, -0.15) is 0 Å². The van der Waals surface area contributed by atoms with Crippen LogP contribution in [0.25, 0.3) is 33.4 Å². The highest BCUT2D eigenvalue weighted by Gasteiger charge is 2.23. The number of sulfonamides is 1. The summed E-state index contributed by atoms with van der Waals surface area (Å²) in [7, 11) is -2.45. The molecule has 1 aliphatic rings. The van der Waals surface area contributed by atoms with Crippen LogP contribution in [-0.2, 0) is 19.6 Å². The van der Waals surface area contributed by atoms with Crippen molar-refractivity contribution in [2.75, 3.05) is 60.8 Å². The van der Waals surface area contributed by atoms with Gasteiger partial charge < -0.3 is 19.7 Å². The molecule has 2 heterocycles. The van der Waals surface area contributed by atoms with Crippen LogP contribution in [0, 0.1) is 5.82 Å². The second-order valence-corrected chi connectivity index (χ2v) is 11.8. The molecule has 1 fully saturated rings. The van der Waals surface area contributed by atoms with Gasteiger partial charge in [0.25, 0.3) is 0 Å². The summed E-state index contributed by atoms with van der Waals surface area (Å²) in [5.41, 5.74) is 2.19. The lowest BCUT2D eigenvalue weighted by Crippen LogP contribution is -2.37. The van der Waals surface area contributed by atoms with Crippen LogP contribution < -0.4 is 19.7 Å². The van der Waals surface area contributed by atoms with Crippen molar-refractivity contribution < 1.29 is 31.5 Å². The van der Waals surface area contributed by atoms with Crippen molar-refractivity contribution in [2.45, 2.75) is 13.3 Å². The number of ether oxygens (including phenoxy) is 2. The zero-order chi connectivity index (χ0) is 30.6. The van der Waals surface area contributed by atoms with E-state index in [1.54, 1.807) is 24.3 Å². The minimum Gasteiger partial charge on any atom is -0.494 e. The van der Waals surface area contributed by atoms with Crippen LogP contribution >= 0.6 is 0 Å². The summed E-state index contributed by atoms with van der Waals surface area (Å²) >= 11 is 0. The number of aromatic nitrogens is 2. The number of nitrogens with zero attached hydrogens (tertiary/aromatic N) is 3. The second-order valence-electron chi connectivity index (χ2n) is 9.93. The van der Waals surface area contributed by atoms with Crippen LogP contribution in [0.15, 0.2) is 54.6 Å². The lowest BCUT2D eigenvalue weighted by atomic mass is 10.0. The molecule has 13 heteroatoms. The van der Waals surface area contributed by atoms with Gasteiger partial charge in [-0.05, 0) is 54.4 Å². The maximum atomic E-state index is 15.8. The molecule has 10 nitrogen and oxygen atoms in total. The van der Waals surface area contributed by atoms with Gasteiger partial charge in [0.2, 0.25) is 15.9 Å². The fourth-order valence-electron chi connectivity index (χ4n) is 4.84. The molecule has 0 atom stereocenters. The van der Waals surface area contributed by atoms with Crippen LogP contribution in [0.3, 0.4) is 0 Å². The molecule has 1 saturated heterocycles. The third-order valence-corrected chi connectivity index (χ3v) is 8.22. The largest absolute Gasteiger partial charge is 0.494 e. The fourth-order valence-corrected chi connectivity index (χ4v) is 5.93. The number of hydrogen-bond acceptors (Lipinski definition) is 8. The first-order valence-corrected chi connectivity index (χ1v) is 15.3. The summed E-state index contributed by atoms with van der Waals surface area (Å²) in [6.07, 6.45) is -0.190. The van der Waals surface area contributed by atoms with Crippen LogP contribution in [0.2, 0.25) is 0 Å². The third kappa shape index (κ3) is 6.83. The van der Waals surface area contributed by atoms with Gasteiger partial charge in [-0.15, -0.1) is 0 Å². The minimum atomic E-state index is -3.94. The van der Waals surface area contributed by atoms with E-state index in [-0.39, 0.29) is 23.6 Å². The number of carbonyl (C=O) groups is 1. The number of halogens is 2. The van der Waals surface area contributed by atoms with E-state index in [0.717, 1.165) is 5.56 Å². The number of hydrogen-bond donors (Lipinski definition) is 2. The zero-order valence-corrected chi connectivity index (χ0v) is 24.5. The maximum Gasteiger partial charge on any atom is 0.232 e. The highest BCUT2D eigenvalue weighted by Crippen LogP contribution is 2.39. The predicted molar refractivity (Wildman–Crippen MR) is 162 cm³/mol. The molecular weight excluding hydrogens is 580 g/mol. The molecule has 0 unspecified atom stereocenters. The zero-order valence-electron chi connectivity index (χ0n) is 23.7. The Morgan fingerprint density at radius 3 is 2.49 bits per heavy atom. The highest BCUT2D eigenvalue weighted by atomic mass is 32.2. The standard InChI is InChI=1S/C30H31F2N5O5S/c1-19(38)33-22-9-7-20(8-10-22)29-34-28-24(30(35-29)37-12-14-42-15-13-37)17-21(18-26(28)41-2)23-5-3-6-25(27(23)32)36-43(39,40)16-4-11-31/h3,5-10,17-18,36H,4,11-16H2,1-2H3,(H,33,38). The lowest BCUT2D eigenvalue weighted by molar-refractivity contribution is -0.114. The molecule has 1 aliphatic heterocycles. The summed E-state index contributed by atoms with van der Waals surface area (Å²) in [4.78, 5) is 23.2. The number of methoxy groups -OCH3 is 1. The first-order valence-electron chi connectivity index (χ1n) is 13.6. The third-order valence-electron chi connectivity index (χ3n) is 6.86. The van der Waals surface area contributed by atoms with Gasteiger partial charge >= 0.3 is 0 Å². The molecule has 1 amide bonds. The topological polar surface area (TPSA) is 123 Å². The Labute approximate surface area is 248 Å². The molecule has 0 spiro atoms. The van der Waals surface area contributed by atoms with Gasteiger partial charge in [0.1, 0.15) is 17.1 Å². The average Bonchev–Trinajstić information content (AvgIpc) is 3.00. The molecule has 0 aliphatic carbocycles. The molecule has 2 N–H and O–H groups in total. The molecule has 5 rings (SSSR count). The molecule has 0 radical (unpaired) electrons. The Balaban J connectivity index is 1.64. The van der Waals surface area contributed by atoms with E-state index in [1.807, 2.05) is 12.1 Å². The Hall–Kier alpha value is -4.36. The Bertz CT molecular complexity index is 1750. The van der Waals surface area contributed by atoms with E-state index >= 15 is 4.39 Å². The minimum absolute atomic E-state index is 0.136. The molecule has 4 aromatic rings. The first kappa shape index (κ1) is 30.1. The van der Waals surface area contributed by atoms with E-state index in [0.29, 0.717) is 65.8 Å². The molecule has 43 heavy (non-hydrogen) atoms. The van der Waals surface area contributed by atoms with Crippen LogP contribution in [0.4, 0.5) is 26.0 Å². The summed E-state index contributed by atoms with van der Waals surface area (Å²) in [5.74, 6) is -0.00863. The van der Waals surface area contributed by atoms with Gasteiger partial charge in [0.15, 0.2) is 11.6 Å². The normalized spacial score (nSPS) is 13.6. The van der Waals surface area contributed by atoms with Crippen molar-refractivity contribution in [2.24, 2.45) is 0 Å². The maximum absolute atomic E-state index is 15.8. The molecule has 1 aromatic heterocycles. The predicted octanol–water partition coefficient (Wildman–Crippen LogP) is 5.01. The Morgan fingerprint density at radius 1 is 1.07 bits per heavy atom. The van der Waals surface area contributed by atoms with Gasteiger partial charge in [0.05, 0.1) is 38.4 Å². The highest BCUT2D eigenvalue weighted by molar-refractivity contribution is 7.92. The van der Waals surface area contributed by atoms with Crippen LogP contribution in [-0.4, -0.2) is 70.1 Å². The van der Waals surface area contributed by atoms with Crippen molar-refractivity contribution in [1.82, 2.24) is 9.97 Å². The SMILES string of the molecule is COc1cc(-c2cccc(NS(=O)(=O)CCCF)c2F)cc2c(N3CCOCC3)nc(-c3ccc(NC(C)=O)cc3)nc12. The Morgan fingerprint density at radius 2 is 1.81 bits per heavy atom. The number of fused-ring (bicyclic) bond motifs is 1. The number of anilines is 3. The molecule has 3 aromatic carbocycles. The van der Waals surface area contributed by atoms with E-state index in [2.05, 4.69) is 14.9 Å². The van der Waals surface area contributed by atoms with E-state index in [9.17, 15) is 17.6 Å². The number of carbonyl (C=O) groups excluding carboxylic acids is 1. The number of nitrogens with one attached hydrogen (secondary N) is 2. The van der Waals surface area contributed by atoms with Crippen molar-refractivity contribution in [3.05, 3.63) is 60.4 Å². The van der Waals surface area contributed by atoms with Gasteiger partial charge in [-0.25, -0.2) is 22.8 Å². The lowest BCUT2D eigenvalue weighted by Gasteiger charge is -2.29. The van der Waals surface area contributed by atoms with Crippen LogP contribution in [0.5, 0.6) is 5.75 Å². The van der Waals surface area contributed by atoms with E-state index < -0.39 is 28.3 Å². The summed E-state index contributed by atoms with van der Waals surface area (Å²) in [6, 6.07) is 14.9. The average molecular weight is 612 g/mol. The van der Waals surface area contributed by atoms with Crippen LogP contribution in [0.1, 0.15) is 13.3 Å². The smallest absolute Gasteiger partial charge is 0.232 e. The monoisotopic (exact) mass is 611 g/mol. The number of alkyl halides is 1. The Kier molecular flexibility index (Phi) is 9.02. The van der Waals surface area contributed by atoms with Crippen molar-refractivity contribution in [1.29, 1.82) is 0 Å². The quantitative estimate of drug-likeness (QED) is 0.257. The number of morpholine rings is 1. The molecule has 226 valence electrons. The summed E-state index contributed by atoms with van der Waals surface area (Å²) in [5, 5.41) is 3.35. The number of amides is 1. The summed E-state index contributed by atoms with van der Waals surface area (Å²) in [6.45, 7) is 2.79. The fraction of sp³-hybridized carbons (Fsp3) is 0.300. The van der Waals surface area contributed by atoms with E-state index in [1.165, 1.54) is 32.2 Å². The molecule has 0 saturated carbocycles. The van der Waals surface area contributed by atoms with E-state index in [4.69, 9.17) is 19.4 Å². The van der Waals surface area contributed by atoms with Gasteiger partial charge in [-0.1, -0.05) is 12.1 Å². The summed E-state index contributed by atoms with van der Waals surface area (Å²) < 4.78 is 66.6. The second kappa shape index (κ2) is 12.9. The number of rotatable bonds is 10. The van der Waals surface area contributed by atoms with Crippen molar-refractivity contribution in [3.8, 4) is 28.3 Å². The van der Waals surface area contributed by atoms with Crippen molar-refractivity contribution >= 4 is 44.0 Å². The number of benzene rings is 3. The van der Waals surface area contributed by atoms with Gasteiger partial charge in [0, 0.05) is 42.2 Å². The molecule has 0 bridgehead atoms. The molecular formula is C30H31F2N5O5S. The van der Waals surface area contributed by atoms with Gasteiger partial charge in [-0.3, -0.25) is 13.9 Å². The van der Waals surface area contributed by atoms with Crippen molar-refractivity contribution in [3.63, 3.8) is 0 Å². The first-order chi connectivity index (χ1) is 20.7.